The largest absolute Gasteiger partial charge is 0.507 e. The first kappa shape index (κ1) is 22.9. The Kier molecular flexibility index (Phi) is 5.65. The van der Waals surface area contributed by atoms with E-state index in [2.05, 4.69) is 9.88 Å². The van der Waals surface area contributed by atoms with E-state index >= 15 is 0 Å². The zero-order valence-electron chi connectivity index (χ0n) is 20.0. The van der Waals surface area contributed by atoms with E-state index in [9.17, 15) is 19.8 Å². The summed E-state index contributed by atoms with van der Waals surface area (Å²) in [5.41, 5.74) is 4.08. The number of carboxylic acid groups (broad SMARTS) is 1. The van der Waals surface area contributed by atoms with Gasteiger partial charge in [-0.15, -0.1) is 0 Å². The second kappa shape index (κ2) is 9.15. The number of aromatic nitrogens is 1. The van der Waals surface area contributed by atoms with Crippen molar-refractivity contribution in [2.24, 2.45) is 0 Å². The maximum absolute atomic E-state index is 13.5. The number of benzene rings is 3. The third-order valence-corrected chi connectivity index (χ3v) is 7.05. The molecule has 1 fully saturated rings. The smallest absolute Gasteiger partial charge is 0.407 e. The van der Waals surface area contributed by atoms with Crippen LogP contribution in [0.1, 0.15) is 21.5 Å². The second-order valence-electron chi connectivity index (χ2n) is 9.27. The van der Waals surface area contributed by atoms with Crippen molar-refractivity contribution in [2.75, 3.05) is 26.2 Å². The van der Waals surface area contributed by atoms with Gasteiger partial charge in [-0.2, -0.15) is 0 Å². The van der Waals surface area contributed by atoms with E-state index in [0.717, 1.165) is 22.0 Å². The molecule has 0 saturated carbocycles. The molecule has 0 spiro atoms. The zero-order valence-corrected chi connectivity index (χ0v) is 20.0. The van der Waals surface area contributed by atoms with Crippen molar-refractivity contribution >= 4 is 28.9 Å². The number of phenolic OH excluding ortho intramolecular Hbond substituents is 1. The summed E-state index contributed by atoms with van der Waals surface area (Å²) in [7, 11) is 0. The number of rotatable bonds is 4. The summed E-state index contributed by atoms with van der Waals surface area (Å²) in [5, 5.41) is 21.7. The lowest BCUT2D eigenvalue weighted by Crippen LogP contribution is -2.47. The Morgan fingerprint density at radius 2 is 1.73 bits per heavy atom. The quantitative estimate of drug-likeness (QED) is 0.346. The maximum atomic E-state index is 13.5. The number of piperazine rings is 1. The predicted octanol–water partition coefficient (Wildman–Crippen LogP) is 4.95. The third-order valence-electron chi connectivity index (χ3n) is 7.05. The molecule has 0 unspecified atom stereocenters. The Morgan fingerprint density at radius 1 is 1.00 bits per heavy atom. The number of aromatic amines is 1. The number of para-hydroxylation sites is 1. The third kappa shape index (κ3) is 4.11. The van der Waals surface area contributed by atoms with Crippen LogP contribution in [0.5, 0.6) is 11.5 Å². The van der Waals surface area contributed by atoms with Crippen molar-refractivity contribution in [3.05, 3.63) is 89.3 Å². The van der Waals surface area contributed by atoms with Crippen LogP contribution in [-0.2, 0) is 6.54 Å². The Hall–Kier alpha value is -4.56. The van der Waals surface area contributed by atoms with Gasteiger partial charge in [0.2, 0.25) is 5.78 Å². The van der Waals surface area contributed by atoms with E-state index in [1.807, 2.05) is 60.8 Å². The maximum Gasteiger partial charge on any atom is 0.407 e. The van der Waals surface area contributed by atoms with Gasteiger partial charge >= 0.3 is 6.09 Å². The number of allylic oxidation sites excluding steroid dienone is 1. The Labute approximate surface area is 213 Å². The topological polar surface area (TPSA) is 106 Å². The fourth-order valence-corrected chi connectivity index (χ4v) is 5.04. The van der Waals surface area contributed by atoms with Gasteiger partial charge in [-0.1, -0.05) is 48.5 Å². The number of H-pyrrole nitrogens is 1. The molecule has 4 aromatic rings. The summed E-state index contributed by atoms with van der Waals surface area (Å²) < 4.78 is 6.15. The van der Waals surface area contributed by atoms with Gasteiger partial charge in [0.1, 0.15) is 11.5 Å². The van der Waals surface area contributed by atoms with Gasteiger partial charge in [0.05, 0.1) is 11.1 Å². The number of Topliss-reactive ketones (excluding diaryl/α,β-unsaturated/α-hetero) is 1. The van der Waals surface area contributed by atoms with E-state index in [0.29, 0.717) is 55.2 Å². The van der Waals surface area contributed by atoms with Crippen molar-refractivity contribution in [3.63, 3.8) is 0 Å². The van der Waals surface area contributed by atoms with Crippen LogP contribution in [0.25, 0.3) is 28.1 Å². The monoisotopic (exact) mass is 495 g/mol. The average Bonchev–Trinajstić information content (AvgIpc) is 3.47. The van der Waals surface area contributed by atoms with Crippen molar-refractivity contribution in [2.45, 2.75) is 6.54 Å². The van der Waals surface area contributed by atoms with Crippen molar-refractivity contribution in [3.8, 4) is 22.6 Å². The fourth-order valence-electron chi connectivity index (χ4n) is 5.04. The SMILES string of the molecule is O=C1/C(=C/c2c[nH]c3ccccc23)Oc2c1cc(-c1ccccc1)c(O)c2CN1CCN(C(=O)O)CC1. The molecule has 3 aromatic carbocycles. The van der Waals surface area contributed by atoms with Gasteiger partial charge in [0.25, 0.3) is 0 Å². The molecule has 0 radical (unpaired) electrons. The highest BCUT2D eigenvalue weighted by Crippen LogP contribution is 2.45. The lowest BCUT2D eigenvalue weighted by Gasteiger charge is -2.33. The molecule has 8 heteroatoms. The number of hydrogen-bond acceptors (Lipinski definition) is 5. The molecule has 1 saturated heterocycles. The number of amides is 1. The number of aromatic hydroxyl groups is 1. The van der Waals surface area contributed by atoms with Gasteiger partial charge in [0, 0.05) is 61.0 Å². The zero-order chi connectivity index (χ0) is 25.5. The minimum Gasteiger partial charge on any atom is -0.507 e. The average molecular weight is 496 g/mol. The molecule has 3 N–H and O–H groups in total. The molecule has 6 rings (SSSR count). The number of ether oxygens (including phenoxy) is 1. The van der Waals surface area contributed by atoms with Crippen LogP contribution in [0, 0.1) is 0 Å². The molecule has 1 amide bonds. The number of ketones is 1. The summed E-state index contributed by atoms with van der Waals surface area (Å²) in [6, 6.07) is 19.0. The summed E-state index contributed by atoms with van der Waals surface area (Å²) in [5.74, 6) is 0.372. The molecular formula is C29H25N3O5. The van der Waals surface area contributed by atoms with Crippen LogP contribution in [0.2, 0.25) is 0 Å². The van der Waals surface area contributed by atoms with E-state index in [1.54, 1.807) is 12.1 Å². The summed E-state index contributed by atoms with van der Waals surface area (Å²) in [6.45, 7) is 2.12. The number of nitrogens with zero attached hydrogens (tertiary/aromatic N) is 2. The van der Waals surface area contributed by atoms with Crippen LogP contribution in [0.3, 0.4) is 0 Å². The first-order valence-electron chi connectivity index (χ1n) is 12.1. The van der Waals surface area contributed by atoms with Crippen LogP contribution < -0.4 is 4.74 Å². The van der Waals surface area contributed by atoms with Crippen LogP contribution in [0.15, 0.2) is 72.6 Å². The first-order valence-corrected chi connectivity index (χ1v) is 12.1. The molecule has 0 aliphatic carbocycles. The summed E-state index contributed by atoms with van der Waals surface area (Å²) in [6.07, 6.45) is 2.64. The van der Waals surface area contributed by atoms with Crippen molar-refractivity contribution < 1.29 is 24.5 Å². The molecule has 0 atom stereocenters. The van der Waals surface area contributed by atoms with Crippen LogP contribution in [-0.4, -0.2) is 63.1 Å². The summed E-state index contributed by atoms with van der Waals surface area (Å²) in [4.78, 5) is 31.5. The van der Waals surface area contributed by atoms with Crippen LogP contribution in [0.4, 0.5) is 4.79 Å². The molecule has 37 heavy (non-hydrogen) atoms. The summed E-state index contributed by atoms with van der Waals surface area (Å²) >= 11 is 0. The Bertz CT molecular complexity index is 1550. The number of hydrogen-bond donors (Lipinski definition) is 3. The minimum absolute atomic E-state index is 0.0618. The van der Waals surface area contributed by atoms with Gasteiger partial charge in [-0.3, -0.25) is 9.69 Å². The standard InChI is InChI=1S/C29H25N3O5/c33-26-21(18-6-2-1-3-7-18)15-22-27(34)25(14-19-16-30-24-9-5-4-8-20(19)24)37-28(22)23(26)17-31-10-12-32(13-11-31)29(35)36/h1-9,14-16,30,33H,10-13,17H2,(H,35,36)/b25-14-. The highest BCUT2D eigenvalue weighted by Gasteiger charge is 2.34. The van der Waals surface area contributed by atoms with Crippen molar-refractivity contribution in [1.29, 1.82) is 0 Å². The van der Waals surface area contributed by atoms with Gasteiger partial charge in [-0.05, 0) is 23.8 Å². The lowest BCUT2D eigenvalue weighted by molar-refractivity contribution is 0.101. The highest BCUT2D eigenvalue weighted by atomic mass is 16.5. The van der Waals surface area contributed by atoms with E-state index in [-0.39, 0.29) is 17.3 Å². The predicted molar refractivity (Wildman–Crippen MR) is 140 cm³/mol. The molecule has 2 aliphatic heterocycles. The normalized spacial score (nSPS) is 16.8. The van der Waals surface area contributed by atoms with Gasteiger partial charge < -0.3 is 24.8 Å². The van der Waals surface area contributed by atoms with Crippen LogP contribution >= 0.6 is 0 Å². The number of phenols is 1. The highest BCUT2D eigenvalue weighted by molar-refractivity contribution is 6.16. The minimum atomic E-state index is -0.935. The molecule has 2 aliphatic rings. The molecule has 0 bridgehead atoms. The van der Waals surface area contributed by atoms with E-state index < -0.39 is 6.09 Å². The van der Waals surface area contributed by atoms with Gasteiger partial charge in [-0.25, -0.2) is 4.79 Å². The second-order valence-corrected chi connectivity index (χ2v) is 9.27. The Morgan fingerprint density at radius 3 is 2.49 bits per heavy atom. The fraction of sp³-hybridized carbons (Fsp3) is 0.172. The molecule has 3 heterocycles. The number of carbonyl (C=O) groups is 2. The number of carbonyl (C=O) groups excluding carboxylic acids is 1. The van der Waals surface area contributed by atoms with Crippen molar-refractivity contribution in [1.82, 2.24) is 14.8 Å². The molecular weight excluding hydrogens is 470 g/mol. The van der Waals surface area contributed by atoms with Gasteiger partial charge in [0.15, 0.2) is 5.76 Å². The Balaban J connectivity index is 1.40. The molecule has 8 nitrogen and oxygen atoms in total. The first-order chi connectivity index (χ1) is 18.0. The molecule has 1 aromatic heterocycles. The van der Waals surface area contributed by atoms with E-state index in [1.165, 1.54) is 4.90 Å². The number of nitrogens with one attached hydrogen (secondary N) is 1. The molecule has 186 valence electrons. The van der Waals surface area contributed by atoms with E-state index in [4.69, 9.17) is 4.74 Å². The lowest BCUT2D eigenvalue weighted by atomic mass is 9.95. The number of fused-ring (bicyclic) bond motifs is 2.